The third-order valence-electron chi connectivity index (χ3n) is 2.81. The highest BCUT2D eigenvalue weighted by molar-refractivity contribution is 6.29. The van der Waals surface area contributed by atoms with Crippen LogP contribution in [0, 0.1) is 20.8 Å². The molecule has 0 atom stereocenters. The Hall–Kier alpha value is -1.87. The van der Waals surface area contributed by atoms with Gasteiger partial charge in [0, 0.05) is 5.56 Å². The van der Waals surface area contributed by atoms with E-state index in [1.807, 2.05) is 39.0 Å². The van der Waals surface area contributed by atoms with E-state index in [4.69, 9.17) is 11.6 Å². The van der Waals surface area contributed by atoms with E-state index in [1.165, 1.54) is 0 Å². The number of pyridine rings is 1. The van der Waals surface area contributed by atoms with E-state index in [2.05, 4.69) is 10.3 Å². The van der Waals surface area contributed by atoms with E-state index in [-0.39, 0.29) is 5.91 Å². The van der Waals surface area contributed by atoms with E-state index in [1.54, 1.807) is 12.3 Å². The molecule has 1 N–H and O–H groups in total. The first kappa shape index (κ1) is 13.6. The number of aromatic nitrogens is 1. The molecule has 1 aromatic heterocycles. The predicted molar refractivity (Wildman–Crippen MR) is 77.9 cm³/mol. The Morgan fingerprint density at radius 3 is 2.32 bits per heavy atom. The first-order valence-corrected chi connectivity index (χ1v) is 6.35. The Labute approximate surface area is 117 Å². The second-order valence-electron chi connectivity index (χ2n) is 4.65. The molecule has 3 nitrogen and oxygen atoms in total. The van der Waals surface area contributed by atoms with E-state index >= 15 is 0 Å². The molecule has 2 rings (SSSR count). The summed E-state index contributed by atoms with van der Waals surface area (Å²) >= 11 is 5.79. The number of aryl methyl sites for hydroxylation is 3. The average molecular weight is 275 g/mol. The minimum Gasteiger partial charge on any atom is -0.320 e. The molecule has 1 aromatic carbocycles. The number of anilines is 1. The van der Waals surface area contributed by atoms with E-state index in [9.17, 15) is 4.79 Å². The van der Waals surface area contributed by atoms with Crippen molar-refractivity contribution in [2.24, 2.45) is 0 Å². The van der Waals surface area contributed by atoms with Crippen molar-refractivity contribution in [3.05, 3.63) is 57.9 Å². The summed E-state index contributed by atoms with van der Waals surface area (Å²) < 4.78 is 0. The third-order valence-corrected chi connectivity index (χ3v) is 3.02. The predicted octanol–water partition coefficient (Wildman–Crippen LogP) is 3.91. The number of carbonyl (C=O) groups is 1. The molecule has 0 aliphatic carbocycles. The van der Waals surface area contributed by atoms with Crippen molar-refractivity contribution in [1.29, 1.82) is 0 Å². The topological polar surface area (TPSA) is 42.0 Å². The van der Waals surface area contributed by atoms with Gasteiger partial charge in [0.1, 0.15) is 5.15 Å². The molecular formula is C15H15ClN2O. The molecule has 0 bridgehead atoms. The normalized spacial score (nSPS) is 10.3. The highest BCUT2D eigenvalue weighted by Gasteiger charge is 2.09. The minimum absolute atomic E-state index is 0.140. The standard InChI is InChI=1S/C15H15ClN2O/c1-9-4-10(2)6-12(5-9)15(19)18-13-8-17-14(16)7-11(13)3/h4-8H,1-3H3,(H,18,19). The Morgan fingerprint density at radius 1 is 1.11 bits per heavy atom. The summed E-state index contributed by atoms with van der Waals surface area (Å²) in [7, 11) is 0. The van der Waals surface area contributed by atoms with Crippen LogP contribution >= 0.6 is 11.6 Å². The van der Waals surface area contributed by atoms with Gasteiger partial charge in [-0.1, -0.05) is 28.8 Å². The van der Waals surface area contributed by atoms with Crippen LogP contribution in [0.2, 0.25) is 5.15 Å². The molecule has 0 aliphatic rings. The molecule has 0 unspecified atom stereocenters. The number of benzene rings is 1. The number of amides is 1. The van der Waals surface area contributed by atoms with E-state index < -0.39 is 0 Å². The minimum atomic E-state index is -0.140. The molecule has 2 aromatic rings. The lowest BCUT2D eigenvalue weighted by Gasteiger charge is -2.09. The van der Waals surface area contributed by atoms with Crippen LogP contribution in [0.5, 0.6) is 0 Å². The fraction of sp³-hybridized carbons (Fsp3) is 0.200. The maximum Gasteiger partial charge on any atom is 0.255 e. The van der Waals surface area contributed by atoms with Crippen LogP contribution in [0.25, 0.3) is 0 Å². The molecule has 1 amide bonds. The molecule has 0 aliphatic heterocycles. The van der Waals surface area contributed by atoms with Gasteiger partial charge in [0.2, 0.25) is 0 Å². The zero-order chi connectivity index (χ0) is 14.0. The van der Waals surface area contributed by atoms with Gasteiger partial charge in [-0.05, 0) is 44.5 Å². The average Bonchev–Trinajstić information content (AvgIpc) is 2.31. The summed E-state index contributed by atoms with van der Waals surface area (Å²) in [5.74, 6) is -0.140. The fourth-order valence-corrected chi connectivity index (χ4v) is 2.17. The van der Waals surface area contributed by atoms with Gasteiger partial charge in [-0.15, -0.1) is 0 Å². The van der Waals surface area contributed by atoms with Gasteiger partial charge in [-0.2, -0.15) is 0 Å². The fourth-order valence-electron chi connectivity index (χ4n) is 1.95. The van der Waals surface area contributed by atoms with Gasteiger partial charge in [-0.25, -0.2) is 4.98 Å². The lowest BCUT2D eigenvalue weighted by Crippen LogP contribution is -2.13. The smallest absolute Gasteiger partial charge is 0.255 e. The number of rotatable bonds is 2. The van der Waals surface area contributed by atoms with Gasteiger partial charge >= 0.3 is 0 Å². The largest absolute Gasteiger partial charge is 0.320 e. The number of hydrogen-bond donors (Lipinski definition) is 1. The van der Waals surface area contributed by atoms with Crippen molar-refractivity contribution < 1.29 is 4.79 Å². The summed E-state index contributed by atoms with van der Waals surface area (Å²) in [5.41, 5.74) is 4.34. The quantitative estimate of drug-likeness (QED) is 0.844. The van der Waals surface area contributed by atoms with Gasteiger partial charge in [0.05, 0.1) is 11.9 Å². The second kappa shape index (κ2) is 5.41. The Kier molecular flexibility index (Phi) is 3.86. The zero-order valence-electron chi connectivity index (χ0n) is 11.1. The van der Waals surface area contributed by atoms with Crippen LogP contribution in [0.4, 0.5) is 5.69 Å². The highest BCUT2D eigenvalue weighted by Crippen LogP contribution is 2.18. The van der Waals surface area contributed by atoms with Crippen LogP contribution in [0.3, 0.4) is 0 Å². The summed E-state index contributed by atoms with van der Waals surface area (Å²) in [6.45, 7) is 5.82. The number of halogens is 1. The van der Waals surface area contributed by atoms with Crippen LogP contribution in [-0.4, -0.2) is 10.9 Å². The van der Waals surface area contributed by atoms with Gasteiger partial charge in [0.25, 0.3) is 5.91 Å². The Morgan fingerprint density at radius 2 is 1.74 bits per heavy atom. The van der Waals surface area contributed by atoms with Gasteiger partial charge < -0.3 is 5.32 Å². The molecule has 0 radical (unpaired) electrons. The molecule has 19 heavy (non-hydrogen) atoms. The van der Waals surface area contributed by atoms with Crippen molar-refractivity contribution in [3.8, 4) is 0 Å². The number of nitrogens with one attached hydrogen (secondary N) is 1. The van der Waals surface area contributed by atoms with Crippen molar-refractivity contribution >= 4 is 23.2 Å². The zero-order valence-corrected chi connectivity index (χ0v) is 11.9. The van der Waals surface area contributed by atoms with Crippen LogP contribution < -0.4 is 5.32 Å². The number of hydrogen-bond acceptors (Lipinski definition) is 2. The molecule has 1 heterocycles. The lowest BCUT2D eigenvalue weighted by molar-refractivity contribution is 0.102. The van der Waals surface area contributed by atoms with Gasteiger partial charge in [0.15, 0.2) is 0 Å². The summed E-state index contributed by atoms with van der Waals surface area (Å²) in [5, 5.41) is 3.27. The van der Waals surface area contributed by atoms with Crippen molar-refractivity contribution in [2.45, 2.75) is 20.8 Å². The maximum absolute atomic E-state index is 12.2. The molecule has 98 valence electrons. The van der Waals surface area contributed by atoms with Crippen molar-refractivity contribution in [1.82, 2.24) is 4.98 Å². The first-order chi connectivity index (χ1) is 8.95. The van der Waals surface area contributed by atoms with Crippen LogP contribution in [-0.2, 0) is 0 Å². The molecule has 0 spiro atoms. The highest BCUT2D eigenvalue weighted by atomic mass is 35.5. The first-order valence-electron chi connectivity index (χ1n) is 5.97. The SMILES string of the molecule is Cc1cc(C)cc(C(=O)Nc2cnc(Cl)cc2C)c1. The molecule has 4 heteroatoms. The van der Waals surface area contributed by atoms with Crippen LogP contribution in [0.15, 0.2) is 30.5 Å². The van der Waals surface area contributed by atoms with Crippen LogP contribution in [0.1, 0.15) is 27.0 Å². The van der Waals surface area contributed by atoms with Gasteiger partial charge in [-0.3, -0.25) is 4.79 Å². The lowest BCUT2D eigenvalue weighted by atomic mass is 10.1. The molecule has 0 saturated heterocycles. The summed E-state index contributed by atoms with van der Waals surface area (Å²) in [6.07, 6.45) is 1.57. The molecule has 0 fully saturated rings. The number of nitrogens with zero attached hydrogens (tertiary/aromatic N) is 1. The van der Waals surface area contributed by atoms with E-state index in [0.29, 0.717) is 16.4 Å². The molecular weight excluding hydrogens is 260 g/mol. The Balaban J connectivity index is 2.25. The maximum atomic E-state index is 12.2. The summed E-state index contributed by atoms with van der Waals surface area (Å²) in [4.78, 5) is 16.2. The summed E-state index contributed by atoms with van der Waals surface area (Å²) in [6, 6.07) is 7.48. The monoisotopic (exact) mass is 274 g/mol. The van der Waals surface area contributed by atoms with Crippen molar-refractivity contribution in [3.63, 3.8) is 0 Å². The molecule has 0 saturated carbocycles. The second-order valence-corrected chi connectivity index (χ2v) is 5.04. The van der Waals surface area contributed by atoms with E-state index in [0.717, 1.165) is 16.7 Å². The third kappa shape index (κ3) is 3.32. The Bertz CT molecular complexity index is 618. The van der Waals surface area contributed by atoms with Crippen molar-refractivity contribution in [2.75, 3.05) is 5.32 Å². The number of carbonyl (C=O) groups excluding carboxylic acids is 1.